The van der Waals surface area contributed by atoms with Gasteiger partial charge in [-0.25, -0.2) is 0 Å². The number of rotatable bonds is 0. The third kappa shape index (κ3) is 1.23. The summed E-state index contributed by atoms with van der Waals surface area (Å²) in [4.78, 5) is 13.1. The van der Waals surface area contributed by atoms with Gasteiger partial charge < -0.3 is 0 Å². The van der Waals surface area contributed by atoms with E-state index in [9.17, 15) is 4.79 Å². The average Bonchev–Trinajstić information content (AvgIpc) is 2.14. The Kier molecular flexibility index (Phi) is 1.91. The lowest BCUT2D eigenvalue weighted by atomic mass is 10.5. The summed E-state index contributed by atoms with van der Waals surface area (Å²) in [6, 6.07) is 0. The third-order valence-corrected chi connectivity index (χ3v) is 2.33. The van der Waals surface area contributed by atoms with Crippen LogP contribution in [0.4, 0.5) is 0 Å². The van der Waals surface area contributed by atoms with Crippen LogP contribution < -0.4 is 0 Å². The lowest BCUT2D eigenvalue weighted by Crippen LogP contribution is -1.72. The minimum Gasteiger partial charge on any atom is -0.282 e. The van der Waals surface area contributed by atoms with Crippen LogP contribution in [0.5, 0.6) is 0 Å². The molecule has 1 heterocycles. The van der Waals surface area contributed by atoms with E-state index < -0.39 is 0 Å². The Hall–Kier alpha value is -0.0200. The van der Waals surface area contributed by atoms with Crippen LogP contribution in [0.2, 0.25) is 0 Å². The first kappa shape index (κ1) is 6.11. The second-order valence-electron chi connectivity index (χ2n) is 1.27. The van der Waals surface area contributed by atoms with Crippen LogP contribution in [0.15, 0.2) is 22.0 Å². The molecule has 0 N–H and O–H groups in total. The SMILES string of the molecule is O=C1C=C/C(=C/Br)S1. The van der Waals surface area contributed by atoms with Crippen molar-refractivity contribution in [3.63, 3.8) is 0 Å². The lowest BCUT2D eigenvalue weighted by Gasteiger charge is -1.81. The normalized spacial score (nSPS) is 23.1. The molecule has 0 aromatic rings. The maximum absolute atomic E-state index is 10.4. The van der Waals surface area contributed by atoms with Gasteiger partial charge in [0.25, 0.3) is 0 Å². The molecule has 0 saturated heterocycles. The Labute approximate surface area is 60.0 Å². The standard InChI is InChI=1S/C5H3BrOS/c6-3-4-1-2-5(7)8-4/h1-3H/b4-3-. The van der Waals surface area contributed by atoms with E-state index in [4.69, 9.17) is 0 Å². The summed E-state index contributed by atoms with van der Waals surface area (Å²) in [6.07, 6.45) is 3.33. The molecule has 42 valence electrons. The fourth-order valence-corrected chi connectivity index (χ4v) is 1.38. The topological polar surface area (TPSA) is 17.1 Å². The zero-order chi connectivity index (χ0) is 5.98. The molecule has 1 aliphatic heterocycles. The van der Waals surface area contributed by atoms with Crippen molar-refractivity contribution in [1.29, 1.82) is 0 Å². The van der Waals surface area contributed by atoms with Gasteiger partial charge in [0.1, 0.15) is 0 Å². The summed E-state index contributed by atoms with van der Waals surface area (Å²) in [5, 5.41) is 0.107. The summed E-state index contributed by atoms with van der Waals surface area (Å²) < 4.78 is 0. The Morgan fingerprint density at radius 2 is 2.38 bits per heavy atom. The van der Waals surface area contributed by atoms with Crippen molar-refractivity contribution in [1.82, 2.24) is 0 Å². The molecule has 3 heteroatoms. The van der Waals surface area contributed by atoms with Gasteiger partial charge in [-0.3, -0.25) is 4.79 Å². The maximum atomic E-state index is 10.4. The quantitative estimate of drug-likeness (QED) is 0.582. The van der Waals surface area contributed by atoms with Gasteiger partial charge in [-0.1, -0.05) is 15.9 Å². The second-order valence-corrected chi connectivity index (χ2v) is 2.80. The van der Waals surface area contributed by atoms with Gasteiger partial charge in [0.15, 0.2) is 0 Å². The van der Waals surface area contributed by atoms with Crippen LogP contribution in [0.3, 0.4) is 0 Å². The molecule has 0 aromatic carbocycles. The first-order valence-electron chi connectivity index (χ1n) is 2.03. The maximum Gasteiger partial charge on any atom is 0.216 e. The molecule has 0 aromatic heterocycles. The highest BCUT2D eigenvalue weighted by atomic mass is 79.9. The van der Waals surface area contributed by atoms with Crippen LogP contribution in [0, 0.1) is 0 Å². The fraction of sp³-hybridized carbons (Fsp3) is 0. The van der Waals surface area contributed by atoms with E-state index in [1.54, 1.807) is 17.1 Å². The molecule has 0 unspecified atom stereocenters. The highest BCUT2D eigenvalue weighted by molar-refractivity contribution is 9.11. The van der Waals surface area contributed by atoms with Gasteiger partial charge in [0, 0.05) is 4.91 Å². The van der Waals surface area contributed by atoms with Gasteiger partial charge in [0.2, 0.25) is 5.12 Å². The van der Waals surface area contributed by atoms with Gasteiger partial charge in [0.05, 0.1) is 0 Å². The molecule has 0 atom stereocenters. The van der Waals surface area contributed by atoms with Gasteiger partial charge in [-0.2, -0.15) is 0 Å². The van der Waals surface area contributed by atoms with Crippen LogP contribution in [-0.4, -0.2) is 5.12 Å². The predicted molar refractivity (Wildman–Crippen MR) is 38.7 cm³/mol. The molecular weight excluding hydrogens is 188 g/mol. The summed E-state index contributed by atoms with van der Waals surface area (Å²) in [5.74, 6) is 0. The van der Waals surface area contributed by atoms with E-state index in [1.165, 1.54) is 11.8 Å². The van der Waals surface area contributed by atoms with Crippen LogP contribution in [0.1, 0.15) is 0 Å². The van der Waals surface area contributed by atoms with Crippen molar-refractivity contribution in [2.45, 2.75) is 0 Å². The van der Waals surface area contributed by atoms with Crippen LogP contribution >= 0.6 is 27.7 Å². The van der Waals surface area contributed by atoms with E-state index >= 15 is 0 Å². The first-order valence-corrected chi connectivity index (χ1v) is 3.76. The first-order chi connectivity index (χ1) is 3.83. The van der Waals surface area contributed by atoms with Gasteiger partial charge >= 0.3 is 0 Å². The summed E-state index contributed by atoms with van der Waals surface area (Å²) >= 11 is 4.35. The minimum atomic E-state index is 0.107. The average molecular weight is 191 g/mol. The molecule has 1 rings (SSSR count). The van der Waals surface area contributed by atoms with E-state index in [0.29, 0.717) is 0 Å². The molecule has 0 bridgehead atoms. The van der Waals surface area contributed by atoms with Crippen LogP contribution in [-0.2, 0) is 4.79 Å². The molecule has 0 saturated carbocycles. The van der Waals surface area contributed by atoms with E-state index in [2.05, 4.69) is 15.9 Å². The van der Waals surface area contributed by atoms with Crippen LogP contribution in [0.25, 0.3) is 0 Å². The van der Waals surface area contributed by atoms with Crippen molar-refractivity contribution < 1.29 is 4.79 Å². The molecule has 8 heavy (non-hydrogen) atoms. The van der Waals surface area contributed by atoms with Crippen molar-refractivity contribution >= 4 is 32.8 Å². The molecule has 0 amide bonds. The highest BCUT2D eigenvalue weighted by Crippen LogP contribution is 2.25. The molecule has 0 radical (unpaired) electrons. The highest BCUT2D eigenvalue weighted by Gasteiger charge is 2.06. The number of thioether (sulfide) groups is 1. The number of hydrogen-bond donors (Lipinski definition) is 0. The molecular formula is C5H3BrOS. The van der Waals surface area contributed by atoms with E-state index in [-0.39, 0.29) is 5.12 Å². The van der Waals surface area contributed by atoms with E-state index in [0.717, 1.165) is 4.91 Å². The van der Waals surface area contributed by atoms with E-state index in [1.807, 2.05) is 0 Å². The van der Waals surface area contributed by atoms with Crippen molar-refractivity contribution in [2.75, 3.05) is 0 Å². The summed E-state index contributed by atoms with van der Waals surface area (Å²) in [7, 11) is 0. The third-order valence-electron chi connectivity index (χ3n) is 0.710. The Balaban J connectivity index is 2.73. The Bertz CT molecular complexity index is 171. The molecule has 0 fully saturated rings. The number of allylic oxidation sites excluding steroid dienone is 1. The predicted octanol–water partition coefficient (Wildman–Crippen LogP) is 2.05. The number of hydrogen-bond acceptors (Lipinski definition) is 2. The van der Waals surface area contributed by atoms with Crippen molar-refractivity contribution in [3.05, 3.63) is 22.0 Å². The zero-order valence-corrected chi connectivity index (χ0v) is 6.33. The lowest BCUT2D eigenvalue weighted by molar-refractivity contribution is -0.106. The Morgan fingerprint density at radius 1 is 1.62 bits per heavy atom. The van der Waals surface area contributed by atoms with Crippen molar-refractivity contribution in [2.24, 2.45) is 0 Å². The molecule has 1 aliphatic rings. The summed E-state index contributed by atoms with van der Waals surface area (Å²) in [6.45, 7) is 0. The van der Waals surface area contributed by atoms with Crippen molar-refractivity contribution in [3.8, 4) is 0 Å². The fourth-order valence-electron chi connectivity index (χ4n) is 0.393. The molecule has 1 nitrogen and oxygen atoms in total. The van der Waals surface area contributed by atoms with Gasteiger partial charge in [-0.05, 0) is 28.9 Å². The molecule has 0 spiro atoms. The van der Waals surface area contributed by atoms with Gasteiger partial charge in [-0.15, -0.1) is 0 Å². The minimum absolute atomic E-state index is 0.107. The molecule has 0 aliphatic carbocycles. The number of carbonyl (C=O) groups is 1. The second kappa shape index (κ2) is 2.51. The largest absolute Gasteiger partial charge is 0.282 e. The smallest absolute Gasteiger partial charge is 0.216 e. The number of halogens is 1. The zero-order valence-electron chi connectivity index (χ0n) is 3.93. The monoisotopic (exact) mass is 190 g/mol. The summed E-state index contributed by atoms with van der Waals surface area (Å²) in [5.41, 5.74) is 0. The Morgan fingerprint density at radius 3 is 2.62 bits per heavy atom. The number of carbonyl (C=O) groups excluding carboxylic acids is 1.